The maximum absolute atomic E-state index is 5.31. The lowest BCUT2D eigenvalue weighted by Crippen LogP contribution is -2.50. The molecule has 0 rings (SSSR count). The van der Waals surface area contributed by atoms with E-state index in [1.165, 1.54) is 0 Å². The van der Waals surface area contributed by atoms with Gasteiger partial charge in [0.1, 0.15) is 10.5 Å². The molecule has 3 nitrogen and oxygen atoms in total. The van der Waals surface area contributed by atoms with Gasteiger partial charge >= 0.3 is 0 Å². The van der Waals surface area contributed by atoms with E-state index < -0.39 is 5.85 Å². The average Bonchev–Trinajstić information content (AvgIpc) is 1.68. The van der Waals surface area contributed by atoms with Crippen molar-refractivity contribution in [3.8, 4) is 0 Å². The van der Waals surface area contributed by atoms with Crippen molar-refractivity contribution in [2.75, 3.05) is 0 Å². The molecule has 0 aliphatic carbocycles. The molecule has 44 valence electrons. The molecular formula is C3H12N2OSi. The van der Waals surface area contributed by atoms with Gasteiger partial charge in [0.2, 0.25) is 0 Å². The van der Waals surface area contributed by atoms with Crippen LogP contribution >= 0.6 is 0 Å². The summed E-state index contributed by atoms with van der Waals surface area (Å²) >= 11 is 0. The van der Waals surface area contributed by atoms with Crippen molar-refractivity contribution in [3.63, 3.8) is 0 Å². The van der Waals surface area contributed by atoms with Gasteiger partial charge in [-0.25, -0.2) is 0 Å². The summed E-state index contributed by atoms with van der Waals surface area (Å²) in [6.45, 7) is 1.89. The van der Waals surface area contributed by atoms with Gasteiger partial charge in [-0.2, -0.15) is 0 Å². The summed E-state index contributed by atoms with van der Waals surface area (Å²) < 4.78 is 4.78. The Morgan fingerprint density at radius 2 is 2.14 bits per heavy atom. The Morgan fingerprint density at radius 3 is 2.14 bits per heavy atom. The van der Waals surface area contributed by atoms with Crippen LogP contribution < -0.4 is 11.5 Å². The van der Waals surface area contributed by atoms with Gasteiger partial charge in [-0.3, -0.25) is 11.5 Å². The molecule has 0 spiro atoms. The van der Waals surface area contributed by atoms with E-state index in [1.54, 1.807) is 0 Å². The van der Waals surface area contributed by atoms with Crippen molar-refractivity contribution in [1.82, 2.24) is 0 Å². The van der Waals surface area contributed by atoms with Crippen LogP contribution in [-0.4, -0.2) is 16.3 Å². The molecule has 0 aromatic heterocycles. The highest BCUT2D eigenvalue weighted by Gasteiger charge is 2.11. The van der Waals surface area contributed by atoms with E-state index in [9.17, 15) is 0 Å². The average molecular weight is 120 g/mol. The molecule has 0 aromatic carbocycles. The molecule has 0 unspecified atom stereocenters. The van der Waals surface area contributed by atoms with Crippen LogP contribution in [0.1, 0.15) is 13.3 Å². The molecule has 0 aliphatic heterocycles. The summed E-state index contributed by atoms with van der Waals surface area (Å²) in [5, 5.41) is 0. The second-order valence-electron chi connectivity index (χ2n) is 1.51. The van der Waals surface area contributed by atoms with Crippen molar-refractivity contribution < 1.29 is 4.43 Å². The third-order valence-electron chi connectivity index (χ3n) is 0.933. The fourth-order valence-corrected chi connectivity index (χ4v) is 0.433. The lowest BCUT2D eigenvalue weighted by Gasteiger charge is -2.20. The van der Waals surface area contributed by atoms with Crippen molar-refractivity contribution >= 4 is 10.5 Å². The first-order valence-corrected chi connectivity index (χ1v) is 3.07. The monoisotopic (exact) mass is 120 g/mol. The molecule has 0 saturated heterocycles. The number of hydrogen-bond acceptors (Lipinski definition) is 3. The Kier molecular flexibility index (Phi) is 2.45. The maximum atomic E-state index is 5.31. The van der Waals surface area contributed by atoms with Crippen LogP contribution in [-0.2, 0) is 4.43 Å². The van der Waals surface area contributed by atoms with Gasteiger partial charge in [0.25, 0.3) is 0 Å². The molecule has 7 heavy (non-hydrogen) atoms. The molecule has 0 fully saturated rings. The number of nitrogens with two attached hydrogens (primary N) is 2. The van der Waals surface area contributed by atoms with E-state index in [2.05, 4.69) is 0 Å². The van der Waals surface area contributed by atoms with E-state index in [4.69, 9.17) is 15.9 Å². The molecule has 0 atom stereocenters. The van der Waals surface area contributed by atoms with Crippen molar-refractivity contribution in [2.24, 2.45) is 11.5 Å². The molecule has 0 aliphatic rings. The molecule has 0 amide bonds. The fourth-order valence-electron chi connectivity index (χ4n) is 0.144. The van der Waals surface area contributed by atoms with Crippen molar-refractivity contribution in [3.05, 3.63) is 0 Å². The topological polar surface area (TPSA) is 61.3 Å². The Bertz CT molecular complexity index is 50.9. The molecule has 0 saturated carbocycles. The highest BCUT2D eigenvalue weighted by molar-refractivity contribution is 5.98. The van der Waals surface area contributed by atoms with Crippen molar-refractivity contribution in [2.45, 2.75) is 19.2 Å². The summed E-state index contributed by atoms with van der Waals surface area (Å²) in [6, 6.07) is 0. The van der Waals surface area contributed by atoms with E-state index in [0.717, 1.165) is 0 Å². The third-order valence-corrected chi connectivity index (χ3v) is 1.69. The lowest BCUT2D eigenvalue weighted by molar-refractivity contribution is 0.0907. The largest absolute Gasteiger partial charge is 0.399 e. The molecule has 0 aromatic rings. The maximum Gasteiger partial charge on any atom is 0.158 e. The minimum absolute atomic E-state index is 0.607. The zero-order chi connectivity index (χ0) is 5.91. The molecule has 4 N–H and O–H groups in total. The Labute approximate surface area is 46.6 Å². The quantitative estimate of drug-likeness (QED) is 0.336. The van der Waals surface area contributed by atoms with Crippen LogP contribution in [0.5, 0.6) is 0 Å². The first kappa shape index (κ1) is 7.10. The Balaban J connectivity index is 3.36. The second-order valence-corrected chi connectivity index (χ2v) is 1.92. The van der Waals surface area contributed by atoms with Gasteiger partial charge in [-0.1, -0.05) is 6.92 Å². The fraction of sp³-hybridized carbons (Fsp3) is 1.00. The van der Waals surface area contributed by atoms with E-state index in [-0.39, 0.29) is 0 Å². The zero-order valence-corrected chi connectivity index (χ0v) is 6.77. The summed E-state index contributed by atoms with van der Waals surface area (Å²) in [4.78, 5) is 0. The highest BCUT2D eigenvalue weighted by atomic mass is 28.2. The van der Waals surface area contributed by atoms with E-state index in [0.29, 0.717) is 16.9 Å². The normalized spacial score (nSPS) is 12.4. The first-order valence-electron chi connectivity index (χ1n) is 2.25. The summed E-state index contributed by atoms with van der Waals surface area (Å²) in [5.41, 5.74) is 10.6. The van der Waals surface area contributed by atoms with Crippen LogP contribution in [0.4, 0.5) is 0 Å². The van der Waals surface area contributed by atoms with Crippen LogP contribution in [0.3, 0.4) is 0 Å². The van der Waals surface area contributed by atoms with Crippen LogP contribution in [0.15, 0.2) is 0 Å². The van der Waals surface area contributed by atoms with Gasteiger partial charge < -0.3 is 4.43 Å². The van der Waals surface area contributed by atoms with Gasteiger partial charge in [-0.15, -0.1) is 0 Å². The third kappa shape index (κ3) is 2.75. The van der Waals surface area contributed by atoms with E-state index >= 15 is 0 Å². The van der Waals surface area contributed by atoms with Crippen LogP contribution in [0.25, 0.3) is 0 Å². The number of rotatable bonds is 2. The number of hydrogen-bond donors (Lipinski definition) is 2. The lowest BCUT2D eigenvalue weighted by atomic mass is 10.3. The molecule has 0 radical (unpaired) electrons. The zero-order valence-electron chi connectivity index (χ0n) is 4.77. The summed E-state index contributed by atoms with van der Waals surface area (Å²) in [5.74, 6) is -0.855. The van der Waals surface area contributed by atoms with Crippen LogP contribution in [0.2, 0.25) is 0 Å². The predicted octanol–water partition coefficient (Wildman–Crippen LogP) is -1.74. The molecule has 4 heteroatoms. The van der Waals surface area contributed by atoms with Gasteiger partial charge in [0, 0.05) is 6.42 Å². The molecule has 0 bridgehead atoms. The van der Waals surface area contributed by atoms with Gasteiger partial charge in [0.15, 0.2) is 5.85 Å². The Morgan fingerprint density at radius 1 is 1.71 bits per heavy atom. The van der Waals surface area contributed by atoms with Crippen LogP contribution in [0, 0.1) is 0 Å². The summed E-state index contributed by atoms with van der Waals surface area (Å²) in [6.07, 6.45) is 0.663. The SMILES string of the molecule is CCC(N)(N)O[SiH3]. The van der Waals surface area contributed by atoms with E-state index in [1.807, 2.05) is 6.92 Å². The minimum atomic E-state index is -0.855. The van der Waals surface area contributed by atoms with Gasteiger partial charge in [-0.05, 0) is 0 Å². The second kappa shape index (κ2) is 2.42. The summed E-state index contributed by atoms with van der Waals surface area (Å²) in [7, 11) is 0.607. The van der Waals surface area contributed by atoms with Crippen molar-refractivity contribution in [1.29, 1.82) is 0 Å². The Hall–Kier alpha value is 0.0969. The van der Waals surface area contributed by atoms with Gasteiger partial charge in [0.05, 0.1) is 0 Å². The highest BCUT2D eigenvalue weighted by Crippen LogP contribution is 1.93. The molecular weight excluding hydrogens is 108 g/mol. The first-order chi connectivity index (χ1) is 3.12. The predicted molar refractivity (Wildman–Crippen MR) is 32.4 cm³/mol. The smallest absolute Gasteiger partial charge is 0.158 e. The minimum Gasteiger partial charge on any atom is -0.399 e. The standard InChI is InChI=1S/C3H12N2OSi/c1-2-3(4,5)6-7/h2,4-5H2,1,7H3. The molecule has 0 heterocycles.